The lowest BCUT2D eigenvalue weighted by Gasteiger charge is -2.05. The van der Waals surface area contributed by atoms with Gasteiger partial charge in [-0.15, -0.1) is 0 Å². The third kappa shape index (κ3) is 1.48. The van der Waals surface area contributed by atoms with Crippen molar-refractivity contribution in [1.82, 2.24) is 8.49 Å². The molecule has 2 heterocycles. The van der Waals surface area contributed by atoms with Crippen molar-refractivity contribution in [2.24, 2.45) is 0 Å². The molecule has 0 fully saturated rings. The van der Waals surface area contributed by atoms with Gasteiger partial charge < -0.3 is 4.40 Å². The van der Waals surface area contributed by atoms with Crippen LogP contribution in [0.4, 0.5) is 0 Å². The number of hydrogen-bond acceptors (Lipinski definition) is 1. The van der Waals surface area contributed by atoms with Gasteiger partial charge in [0.15, 0.2) is 0 Å². The molecule has 4 rings (SSSR count). The summed E-state index contributed by atoms with van der Waals surface area (Å²) in [5.41, 5.74) is 3.00. The number of para-hydroxylation sites is 1. The summed E-state index contributed by atoms with van der Waals surface area (Å²) in [6, 6.07) is 8.12. The number of rotatable bonds is 0. The number of carbonyl (C=O) groups is 1. The van der Waals surface area contributed by atoms with Crippen LogP contribution in [0.25, 0.3) is 22.5 Å². The Kier molecular flexibility index (Phi) is 2.15. The molecular formula is C15H11ClN2O. The summed E-state index contributed by atoms with van der Waals surface area (Å²) in [6.07, 6.45) is 6.83. The van der Waals surface area contributed by atoms with Crippen LogP contribution in [0.2, 0.25) is 0 Å². The number of ketones is 1. The minimum absolute atomic E-state index is 0.231. The Hall–Kier alpha value is -2.00. The molecule has 3 nitrogen and oxygen atoms in total. The number of carbonyl (C=O) groups excluding carboxylic acids is 1. The summed E-state index contributed by atoms with van der Waals surface area (Å²) in [7, 11) is 0. The molecule has 0 N–H and O–H groups in total. The normalized spacial score (nSPS) is 14.7. The highest BCUT2D eigenvalue weighted by Gasteiger charge is 2.14. The lowest BCUT2D eigenvalue weighted by Crippen LogP contribution is -2.23. The fourth-order valence-electron chi connectivity index (χ4n) is 2.84. The van der Waals surface area contributed by atoms with Gasteiger partial charge in [-0.05, 0) is 12.1 Å². The maximum Gasteiger partial charge on any atom is 0.141 e. The fourth-order valence-corrected chi connectivity index (χ4v) is 3.09. The number of hydrogen-bond donors (Lipinski definition) is 0. The molecule has 0 radical (unpaired) electrons. The zero-order valence-electron chi connectivity index (χ0n) is 10.1. The molecular weight excluding hydrogens is 260 g/mol. The first-order chi connectivity index (χ1) is 9.24. The fraction of sp³-hybridized carbons (Fsp3) is 0.133. The van der Waals surface area contributed by atoms with Crippen molar-refractivity contribution >= 4 is 40.1 Å². The second kappa shape index (κ2) is 3.75. The van der Waals surface area contributed by atoms with Crippen LogP contribution >= 0.6 is 11.8 Å². The molecule has 0 aliphatic heterocycles. The summed E-state index contributed by atoms with van der Waals surface area (Å²) >= 11 is 6.35. The molecule has 0 amide bonds. The zero-order valence-corrected chi connectivity index (χ0v) is 10.9. The number of fused-ring (bicyclic) bond motifs is 2. The minimum Gasteiger partial charge on any atom is -0.315 e. The molecule has 4 heteroatoms. The molecule has 3 aromatic rings. The number of nitrogens with zero attached hydrogens (tertiary/aromatic N) is 2. The van der Waals surface area contributed by atoms with Crippen molar-refractivity contribution in [1.29, 1.82) is 0 Å². The van der Waals surface area contributed by atoms with Gasteiger partial charge in [0, 0.05) is 53.3 Å². The predicted molar refractivity (Wildman–Crippen MR) is 76.0 cm³/mol. The number of aromatic nitrogens is 2. The van der Waals surface area contributed by atoms with Crippen LogP contribution in [-0.4, -0.2) is 14.3 Å². The monoisotopic (exact) mass is 270 g/mol. The molecule has 1 aliphatic rings. The van der Waals surface area contributed by atoms with E-state index in [0.717, 1.165) is 27.3 Å². The maximum absolute atomic E-state index is 11.6. The molecule has 0 saturated heterocycles. The number of benzene rings is 1. The Bertz CT molecular complexity index is 902. The van der Waals surface area contributed by atoms with Crippen LogP contribution in [0.5, 0.6) is 0 Å². The molecule has 2 aromatic heterocycles. The molecule has 19 heavy (non-hydrogen) atoms. The maximum atomic E-state index is 11.6. The second-order valence-electron chi connectivity index (χ2n) is 4.88. The standard InChI is InChI=1S/C15H11ClN2O/c16-18-9-11-8-12(19)4-5-13(11)17-7-6-10-2-1-3-14(18)15(10)17/h1-3,5-7,9H,4,8H2. The van der Waals surface area contributed by atoms with Crippen molar-refractivity contribution in [3.05, 3.63) is 47.6 Å². The van der Waals surface area contributed by atoms with E-state index in [0.29, 0.717) is 12.8 Å². The van der Waals surface area contributed by atoms with Crippen LogP contribution in [0.1, 0.15) is 12.0 Å². The lowest BCUT2D eigenvalue weighted by atomic mass is 10.0. The molecule has 0 saturated carbocycles. The van der Waals surface area contributed by atoms with E-state index in [-0.39, 0.29) is 5.78 Å². The zero-order chi connectivity index (χ0) is 13.0. The third-order valence-electron chi connectivity index (χ3n) is 3.69. The van der Waals surface area contributed by atoms with E-state index in [1.54, 1.807) is 4.09 Å². The first kappa shape index (κ1) is 10.9. The van der Waals surface area contributed by atoms with Crippen LogP contribution in [0.3, 0.4) is 0 Å². The van der Waals surface area contributed by atoms with E-state index >= 15 is 0 Å². The predicted octanol–water partition coefficient (Wildman–Crippen LogP) is 2.47. The van der Waals surface area contributed by atoms with Crippen molar-refractivity contribution in [3.63, 3.8) is 0 Å². The van der Waals surface area contributed by atoms with E-state index in [2.05, 4.69) is 16.5 Å². The van der Waals surface area contributed by atoms with Gasteiger partial charge in [-0.3, -0.25) is 8.88 Å². The van der Waals surface area contributed by atoms with Gasteiger partial charge in [-0.25, -0.2) is 0 Å². The molecule has 1 aliphatic carbocycles. The Balaban J connectivity index is 2.34. The van der Waals surface area contributed by atoms with E-state index < -0.39 is 0 Å². The average Bonchev–Trinajstić information content (AvgIpc) is 2.77. The topological polar surface area (TPSA) is 26.4 Å². The SMILES string of the molecule is O=C1CC=c2c(cn(Cl)c3cccc4ccn2c43)C1. The highest BCUT2D eigenvalue weighted by Crippen LogP contribution is 2.21. The van der Waals surface area contributed by atoms with Crippen molar-refractivity contribution in [2.45, 2.75) is 12.8 Å². The first-order valence-electron chi connectivity index (χ1n) is 6.22. The van der Waals surface area contributed by atoms with Crippen LogP contribution < -0.4 is 5.35 Å². The third-order valence-corrected chi connectivity index (χ3v) is 3.97. The second-order valence-corrected chi connectivity index (χ2v) is 5.24. The minimum atomic E-state index is 0.231. The van der Waals surface area contributed by atoms with Gasteiger partial charge in [-0.2, -0.15) is 0 Å². The van der Waals surface area contributed by atoms with E-state index in [1.165, 1.54) is 0 Å². The lowest BCUT2D eigenvalue weighted by molar-refractivity contribution is -0.117. The summed E-state index contributed by atoms with van der Waals surface area (Å²) in [4.78, 5) is 11.6. The molecule has 0 unspecified atom stereocenters. The Labute approximate surface area is 114 Å². The van der Waals surface area contributed by atoms with E-state index in [1.807, 2.05) is 30.6 Å². The van der Waals surface area contributed by atoms with Crippen LogP contribution in [0, 0.1) is 0 Å². The Morgan fingerprint density at radius 2 is 2.11 bits per heavy atom. The number of Topliss-reactive ketones (excluding diaryl/α,β-unsaturated/α-hetero) is 1. The smallest absolute Gasteiger partial charge is 0.141 e. The molecule has 94 valence electrons. The summed E-state index contributed by atoms with van der Waals surface area (Å²) in [5, 5.41) is 2.22. The number of halogens is 1. The van der Waals surface area contributed by atoms with E-state index in [9.17, 15) is 4.79 Å². The quantitative estimate of drug-likeness (QED) is 0.616. The van der Waals surface area contributed by atoms with Gasteiger partial charge in [-0.1, -0.05) is 18.2 Å². The van der Waals surface area contributed by atoms with Gasteiger partial charge in [0.05, 0.1) is 11.0 Å². The molecule has 0 spiro atoms. The van der Waals surface area contributed by atoms with E-state index in [4.69, 9.17) is 11.8 Å². The Morgan fingerprint density at radius 3 is 3.00 bits per heavy atom. The molecule has 0 atom stereocenters. The van der Waals surface area contributed by atoms with Crippen molar-refractivity contribution in [3.8, 4) is 0 Å². The summed E-state index contributed by atoms with van der Waals surface area (Å²) in [5.74, 6) is 0.231. The van der Waals surface area contributed by atoms with Gasteiger partial charge in [0.2, 0.25) is 0 Å². The van der Waals surface area contributed by atoms with Crippen molar-refractivity contribution < 1.29 is 4.79 Å². The largest absolute Gasteiger partial charge is 0.315 e. The molecule has 0 bridgehead atoms. The molecule has 1 aromatic carbocycles. The summed E-state index contributed by atoms with van der Waals surface area (Å²) in [6.45, 7) is 0. The van der Waals surface area contributed by atoms with Crippen LogP contribution in [0.15, 0.2) is 36.7 Å². The highest BCUT2D eigenvalue weighted by atomic mass is 35.5. The highest BCUT2D eigenvalue weighted by molar-refractivity contribution is 6.19. The van der Waals surface area contributed by atoms with Gasteiger partial charge in [0.25, 0.3) is 0 Å². The summed E-state index contributed by atoms with van der Waals surface area (Å²) < 4.78 is 3.72. The average molecular weight is 271 g/mol. The van der Waals surface area contributed by atoms with Crippen molar-refractivity contribution in [2.75, 3.05) is 0 Å². The van der Waals surface area contributed by atoms with Gasteiger partial charge >= 0.3 is 0 Å². The Morgan fingerprint density at radius 1 is 1.21 bits per heavy atom. The van der Waals surface area contributed by atoms with Gasteiger partial charge in [0.1, 0.15) is 5.78 Å². The first-order valence-corrected chi connectivity index (χ1v) is 6.56. The van der Waals surface area contributed by atoms with Crippen LogP contribution in [-0.2, 0) is 11.2 Å².